The van der Waals surface area contributed by atoms with Crippen molar-refractivity contribution >= 4 is 11.8 Å². The molecule has 7 heteroatoms. The number of hydrogen-bond acceptors (Lipinski definition) is 5. The molecule has 29 heavy (non-hydrogen) atoms. The van der Waals surface area contributed by atoms with Crippen LogP contribution in [0.15, 0.2) is 45.8 Å². The first-order valence-corrected chi connectivity index (χ1v) is 10.4. The Labute approximate surface area is 173 Å². The summed E-state index contributed by atoms with van der Waals surface area (Å²) in [6, 6.07) is 5.33. The summed E-state index contributed by atoms with van der Waals surface area (Å²) in [7, 11) is 0. The van der Waals surface area contributed by atoms with Crippen LogP contribution in [-0.2, 0) is 11.3 Å². The second kappa shape index (κ2) is 12.1. The van der Waals surface area contributed by atoms with E-state index in [4.69, 9.17) is 8.83 Å². The van der Waals surface area contributed by atoms with Gasteiger partial charge in [0.05, 0.1) is 24.6 Å². The summed E-state index contributed by atoms with van der Waals surface area (Å²) in [5.74, 6) is 0.437. The third-order valence-electron chi connectivity index (χ3n) is 5.00. The molecule has 0 fully saturated rings. The van der Waals surface area contributed by atoms with Crippen molar-refractivity contribution < 1.29 is 18.4 Å². The minimum Gasteiger partial charge on any atom is -0.472 e. The predicted octanol–water partition coefficient (Wildman–Crippen LogP) is 3.53. The number of amides is 2. The summed E-state index contributed by atoms with van der Waals surface area (Å²) >= 11 is 0. The molecular weight excluding hydrogens is 370 g/mol. The molecule has 0 aliphatic rings. The molecule has 0 unspecified atom stereocenters. The highest BCUT2D eigenvalue weighted by atomic mass is 16.3. The largest absolute Gasteiger partial charge is 0.472 e. The monoisotopic (exact) mass is 403 g/mol. The SMILES string of the molecule is CCN(CC)CCC[C@@H](C)NC(=O)CCN(Cc1ccco1)C(=O)c1ccoc1. The Bertz CT molecular complexity index is 709. The van der Waals surface area contributed by atoms with Crippen LogP contribution in [0.25, 0.3) is 0 Å². The Morgan fingerprint density at radius 3 is 2.55 bits per heavy atom. The van der Waals surface area contributed by atoms with E-state index in [1.165, 1.54) is 12.5 Å². The van der Waals surface area contributed by atoms with E-state index in [1.807, 2.05) is 13.0 Å². The summed E-state index contributed by atoms with van der Waals surface area (Å²) in [5, 5.41) is 3.04. The maximum atomic E-state index is 12.7. The molecule has 0 radical (unpaired) electrons. The fraction of sp³-hybridized carbons (Fsp3) is 0.545. The molecule has 1 N–H and O–H groups in total. The number of rotatable bonds is 13. The van der Waals surface area contributed by atoms with E-state index in [2.05, 4.69) is 24.1 Å². The fourth-order valence-electron chi connectivity index (χ4n) is 3.23. The lowest BCUT2D eigenvalue weighted by Gasteiger charge is -2.22. The molecule has 2 rings (SSSR count). The van der Waals surface area contributed by atoms with Gasteiger partial charge in [0, 0.05) is 19.0 Å². The Hall–Kier alpha value is -2.54. The first kappa shape index (κ1) is 22.7. The van der Waals surface area contributed by atoms with E-state index < -0.39 is 0 Å². The van der Waals surface area contributed by atoms with Gasteiger partial charge in [-0.2, -0.15) is 0 Å². The standard InChI is InChI=1S/C22H33N3O4/c1-4-24(5-2)12-6-8-18(3)23-21(26)10-13-25(16-20-9-7-14-29-20)22(27)19-11-15-28-17-19/h7,9,11,14-15,17-18H,4-6,8,10,12-13,16H2,1-3H3,(H,23,26)/t18-/m1/s1. The Kier molecular flexibility index (Phi) is 9.50. The van der Waals surface area contributed by atoms with Crippen LogP contribution < -0.4 is 5.32 Å². The molecule has 0 aromatic carbocycles. The van der Waals surface area contributed by atoms with Crippen LogP contribution in [0.3, 0.4) is 0 Å². The van der Waals surface area contributed by atoms with Gasteiger partial charge in [0.1, 0.15) is 12.0 Å². The molecule has 0 aliphatic carbocycles. The van der Waals surface area contributed by atoms with Gasteiger partial charge in [0.15, 0.2) is 0 Å². The van der Waals surface area contributed by atoms with Crippen LogP contribution in [0.5, 0.6) is 0 Å². The molecule has 1 atom stereocenters. The molecule has 2 amide bonds. The van der Waals surface area contributed by atoms with Gasteiger partial charge < -0.3 is 24.0 Å². The van der Waals surface area contributed by atoms with Gasteiger partial charge in [0.2, 0.25) is 5.91 Å². The van der Waals surface area contributed by atoms with E-state index in [1.54, 1.807) is 23.3 Å². The van der Waals surface area contributed by atoms with Crippen LogP contribution in [0.1, 0.15) is 56.2 Å². The van der Waals surface area contributed by atoms with Crippen molar-refractivity contribution in [2.75, 3.05) is 26.2 Å². The molecule has 2 heterocycles. The highest BCUT2D eigenvalue weighted by Crippen LogP contribution is 2.12. The van der Waals surface area contributed by atoms with Crippen molar-refractivity contribution in [3.8, 4) is 0 Å². The summed E-state index contributed by atoms with van der Waals surface area (Å²) < 4.78 is 10.4. The number of nitrogens with one attached hydrogen (secondary N) is 1. The van der Waals surface area contributed by atoms with Crippen molar-refractivity contribution in [3.63, 3.8) is 0 Å². The molecule has 2 aromatic rings. The molecular formula is C22H33N3O4. The zero-order valence-corrected chi connectivity index (χ0v) is 17.7. The Morgan fingerprint density at radius 2 is 1.93 bits per heavy atom. The highest BCUT2D eigenvalue weighted by Gasteiger charge is 2.20. The third kappa shape index (κ3) is 7.77. The molecule has 2 aromatic heterocycles. The first-order chi connectivity index (χ1) is 14.0. The molecule has 0 aliphatic heterocycles. The Balaban J connectivity index is 1.81. The normalized spacial score (nSPS) is 12.1. The molecule has 0 saturated heterocycles. The van der Waals surface area contributed by atoms with Gasteiger partial charge >= 0.3 is 0 Å². The minimum absolute atomic E-state index is 0.0511. The molecule has 7 nitrogen and oxygen atoms in total. The third-order valence-corrected chi connectivity index (χ3v) is 5.00. The Morgan fingerprint density at radius 1 is 1.14 bits per heavy atom. The zero-order chi connectivity index (χ0) is 21.1. The van der Waals surface area contributed by atoms with E-state index in [9.17, 15) is 9.59 Å². The molecule has 160 valence electrons. The number of furan rings is 2. The van der Waals surface area contributed by atoms with Crippen LogP contribution >= 0.6 is 0 Å². The zero-order valence-electron chi connectivity index (χ0n) is 17.7. The first-order valence-electron chi connectivity index (χ1n) is 10.4. The second-order valence-corrected chi connectivity index (χ2v) is 7.21. The van der Waals surface area contributed by atoms with E-state index in [0.717, 1.165) is 32.5 Å². The van der Waals surface area contributed by atoms with Crippen LogP contribution in [-0.4, -0.2) is 53.8 Å². The predicted molar refractivity (Wildman–Crippen MR) is 111 cm³/mol. The smallest absolute Gasteiger partial charge is 0.257 e. The topological polar surface area (TPSA) is 78.9 Å². The number of hydrogen-bond donors (Lipinski definition) is 1. The van der Waals surface area contributed by atoms with Crippen molar-refractivity contribution in [3.05, 3.63) is 48.3 Å². The van der Waals surface area contributed by atoms with Crippen molar-refractivity contribution in [2.24, 2.45) is 0 Å². The highest BCUT2D eigenvalue weighted by molar-refractivity contribution is 5.94. The van der Waals surface area contributed by atoms with Gasteiger partial charge in [-0.3, -0.25) is 9.59 Å². The maximum Gasteiger partial charge on any atom is 0.257 e. The van der Waals surface area contributed by atoms with Crippen LogP contribution in [0.4, 0.5) is 0 Å². The minimum atomic E-state index is -0.185. The van der Waals surface area contributed by atoms with Crippen LogP contribution in [0, 0.1) is 0 Å². The fourth-order valence-corrected chi connectivity index (χ4v) is 3.23. The lowest BCUT2D eigenvalue weighted by molar-refractivity contribution is -0.122. The maximum absolute atomic E-state index is 12.7. The van der Waals surface area contributed by atoms with E-state index in [0.29, 0.717) is 24.4 Å². The number of carbonyl (C=O) groups excluding carboxylic acids is 2. The average Bonchev–Trinajstić information content (AvgIpc) is 3.42. The lowest BCUT2D eigenvalue weighted by atomic mass is 10.1. The van der Waals surface area contributed by atoms with Gasteiger partial charge in [-0.05, 0) is 57.6 Å². The van der Waals surface area contributed by atoms with Crippen molar-refractivity contribution in [2.45, 2.75) is 52.6 Å². The molecule has 0 saturated carbocycles. The van der Waals surface area contributed by atoms with Crippen LogP contribution in [0.2, 0.25) is 0 Å². The summed E-state index contributed by atoms with van der Waals surface area (Å²) in [6.45, 7) is 10.1. The summed E-state index contributed by atoms with van der Waals surface area (Å²) in [6.07, 6.45) is 6.67. The van der Waals surface area contributed by atoms with Crippen molar-refractivity contribution in [1.82, 2.24) is 15.1 Å². The van der Waals surface area contributed by atoms with Gasteiger partial charge in [0.25, 0.3) is 5.91 Å². The quantitative estimate of drug-likeness (QED) is 0.553. The summed E-state index contributed by atoms with van der Waals surface area (Å²) in [4.78, 5) is 29.1. The average molecular weight is 404 g/mol. The van der Waals surface area contributed by atoms with E-state index in [-0.39, 0.29) is 24.3 Å². The van der Waals surface area contributed by atoms with Gasteiger partial charge in [-0.1, -0.05) is 13.8 Å². The van der Waals surface area contributed by atoms with Crippen molar-refractivity contribution in [1.29, 1.82) is 0 Å². The summed E-state index contributed by atoms with van der Waals surface area (Å²) in [5.41, 5.74) is 0.460. The molecule has 0 bridgehead atoms. The second-order valence-electron chi connectivity index (χ2n) is 7.21. The lowest BCUT2D eigenvalue weighted by Crippen LogP contribution is -2.37. The van der Waals surface area contributed by atoms with E-state index >= 15 is 0 Å². The molecule has 0 spiro atoms. The van der Waals surface area contributed by atoms with Gasteiger partial charge in [-0.25, -0.2) is 0 Å². The number of carbonyl (C=O) groups is 2. The number of nitrogens with zero attached hydrogens (tertiary/aromatic N) is 2. The van der Waals surface area contributed by atoms with Gasteiger partial charge in [-0.15, -0.1) is 0 Å².